The van der Waals surface area contributed by atoms with Crippen molar-refractivity contribution < 1.29 is 9.90 Å². The predicted molar refractivity (Wildman–Crippen MR) is 84.3 cm³/mol. The zero-order valence-corrected chi connectivity index (χ0v) is 13.6. The molecule has 0 aromatic heterocycles. The van der Waals surface area contributed by atoms with Gasteiger partial charge < -0.3 is 15.3 Å². The van der Waals surface area contributed by atoms with Gasteiger partial charge in [-0.15, -0.1) is 0 Å². The van der Waals surface area contributed by atoms with Crippen molar-refractivity contribution in [3.8, 4) is 0 Å². The number of hydrogen-bond acceptors (Lipinski definition) is 3. The minimum absolute atomic E-state index is 0.0222. The third-order valence-electron chi connectivity index (χ3n) is 5.10. The van der Waals surface area contributed by atoms with Crippen LogP contribution in [0.25, 0.3) is 0 Å². The Morgan fingerprint density at radius 3 is 2.81 bits per heavy atom. The molecule has 2 heterocycles. The number of aliphatic hydroxyl groups excluding tert-OH is 1. The number of likely N-dealkylation sites (tertiary alicyclic amines) is 2. The molecule has 2 amide bonds. The van der Waals surface area contributed by atoms with Gasteiger partial charge in [0.15, 0.2) is 0 Å². The highest BCUT2D eigenvalue weighted by atomic mass is 16.3. The molecule has 2 aliphatic rings. The largest absolute Gasteiger partial charge is 0.391 e. The summed E-state index contributed by atoms with van der Waals surface area (Å²) in [5.74, 6) is 0.299. The molecule has 0 bridgehead atoms. The second-order valence-corrected chi connectivity index (χ2v) is 6.61. The van der Waals surface area contributed by atoms with Crippen molar-refractivity contribution in [3.05, 3.63) is 0 Å². The lowest BCUT2D eigenvalue weighted by Gasteiger charge is -2.36. The molecule has 5 heteroatoms. The van der Waals surface area contributed by atoms with Crippen molar-refractivity contribution in [2.45, 2.75) is 58.1 Å². The van der Waals surface area contributed by atoms with Crippen molar-refractivity contribution in [1.82, 2.24) is 15.1 Å². The number of hydrogen-bond donors (Lipinski definition) is 2. The minimum Gasteiger partial charge on any atom is -0.391 e. The van der Waals surface area contributed by atoms with Crippen molar-refractivity contribution in [3.63, 3.8) is 0 Å². The van der Waals surface area contributed by atoms with Crippen molar-refractivity contribution >= 4 is 6.03 Å². The third-order valence-corrected chi connectivity index (χ3v) is 5.10. The van der Waals surface area contributed by atoms with E-state index in [1.807, 2.05) is 6.92 Å². The zero-order valence-electron chi connectivity index (χ0n) is 13.6. The van der Waals surface area contributed by atoms with E-state index in [2.05, 4.69) is 17.1 Å². The lowest BCUT2D eigenvalue weighted by molar-refractivity contribution is 0.0433. The van der Waals surface area contributed by atoms with E-state index in [0.29, 0.717) is 25.0 Å². The summed E-state index contributed by atoms with van der Waals surface area (Å²) in [6, 6.07) is 0.666. The lowest BCUT2D eigenvalue weighted by atomic mass is 9.96. The van der Waals surface area contributed by atoms with E-state index in [4.69, 9.17) is 0 Å². The first-order chi connectivity index (χ1) is 10.1. The van der Waals surface area contributed by atoms with Gasteiger partial charge in [0, 0.05) is 32.2 Å². The summed E-state index contributed by atoms with van der Waals surface area (Å²) < 4.78 is 0. The normalized spacial score (nSPS) is 31.2. The van der Waals surface area contributed by atoms with Crippen LogP contribution in [-0.4, -0.2) is 65.8 Å². The molecule has 0 aliphatic carbocycles. The highest BCUT2D eigenvalue weighted by molar-refractivity contribution is 5.74. The number of piperidine rings is 2. The number of urea groups is 1. The zero-order chi connectivity index (χ0) is 15.2. The van der Waals surface area contributed by atoms with Crippen LogP contribution in [0.5, 0.6) is 0 Å². The third kappa shape index (κ3) is 4.58. The van der Waals surface area contributed by atoms with Crippen LogP contribution in [0.1, 0.15) is 46.0 Å². The SMILES string of the molecule is CCC1CCCCN1CCNC(=O)N1CCC(C)C(O)C1. The molecule has 0 aromatic rings. The van der Waals surface area contributed by atoms with Crippen LogP contribution in [0.3, 0.4) is 0 Å². The standard InChI is InChI=1S/C16H31N3O2/c1-3-14-6-4-5-9-18(14)11-8-17-16(21)19-10-7-13(2)15(20)12-19/h13-15,20H,3-12H2,1-2H3,(H,17,21). The van der Waals surface area contributed by atoms with E-state index in [1.54, 1.807) is 4.90 Å². The minimum atomic E-state index is -0.379. The van der Waals surface area contributed by atoms with Gasteiger partial charge in [-0.2, -0.15) is 0 Å². The van der Waals surface area contributed by atoms with Gasteiger partial charge in [0.05, 0.1) is 6.10 Å². The Bertz CT molecular complexity index is 337. The molecule has 3 atom stereocenters. The molecule has 21 heavy (non-hydrogen) atoms. The molecule has 0 saturated carbocycles. The monoisotopic (exact) mass is 297 g/mol. The number of carbonyl (C=O) groups excluding carboxylic acids is 1. The topological polar surface area (TPSA) is 55.8 Å². The van der Waals surface area contributed by atoms with E-state index in [0.717, 1.165) is 26.1 Å². The molecular formula is C16H31N3O2. The number of amides is 2. The summed E-state index contributed by atoms with van der Waals surface area (Å²) in [6.07, 6.45) is 5.62. The molecule has 3 unspecified atom stereocenters. The molecule has 122 valence electrons. The molecule has 2 fully saturated rings. The quantitative estimate of drug-likeness (QED) is 0.830. The summed E-state index contributed by atoms with van der Waals surface area (Å²) >= 11 is 0. The Morgan fingerprint density at radius 1 is 1.29 bits per heavy atom. The average Bonchev–Trinajstić information content (AvgIpc) is 2.50. The van der Waals surface area contributed by atoms with Crippen LogP contribution in [0.2, 0.25) is 0 Å². The van der Waals surface area contributed by atoms with Crippen LogP contribution in [0, 0.1) is 5.92 Å². The van der Waals surface area contributed by atoms with E-state index in [9.17, 15) is 9.90 Å². The summed E-state index contributed by atoms with van der Waals surface area (Å²) in [4.78, 5) is 16.4. The van der Waals surface area contributed by atoms with Gasteiger partial charge in [-0.1, -0.05) is 20.3 Å². The van der Waals surface area contributed by atoms with Crippen LogP contribution in [-0.2, 0) is 0 Å². The first kappa shape index (κ1) is 16.6. The highest BCUT2D eigenvalue weighted by Gasteiger charge is 2.27. The number of nitrogens with zero attached hydrogens (tertiary/aromatic N) is 2. The van der Waals surface area contributed by atoms with Gasteiger partial charge in [0.25, 0.3) is 0 Å². The first-order valence-corrected chi connectivity index (χ1v) is 8.56. The van der Waals surface area contributed by atoms with Gasteiger partial charge in [0.1, 0.15) is 0 Å². The van der Waals surface area contributed by atoms with E-state index in [1.165, 1.54) is 25.7 Å². The molecule has 2 saturated heterocycles. The Balaban J connectivity index is 1.69. The maximum atomic E-state index is 12.1. The fourth-order valence-corrected chi connectivity index (χ4v) is 3.47. The van der Waals surface area contributed by atoms with E-state index in [-0.39, 0.29) is 12.1 Å². The number of nitrogens with one attached hydrogen (secondary N) is 1. The summed E-state index contributed by atoms with van der Waals surface area (Å²) in [6.45, 7) is 8.32. The van der Waals surface area contributed by atoms with Gasteiger partial charge in [0.2, 0.25) is 0 Å². The van der Waals surface area contributed by atoms with Gasteiger partial charge >= 0.3 is 6.03 Å². The fraction of sp³-hybridized carbons (Fsp3) is 0.938. The van der Waals surface area contributed by atoms with Crippen molar-refractivity contribution in [2.75, 3.05) is 32.7 Å². The first-order valence-electron chi connectivity index (χ1n) is 8.56. The molecule has 2 rings (SSSR count). The van der Waals surface area contributed by atoms with Crippen LogP contribution in [0.15, 0.2) is 0 Å². The molecular weight excluding hydrogens is 266 g/mol. The maximum absolute atomic E-state index is 12.1. The summed E-state index contributed by atoms with van der Waals surface area (Å²) in [5, 5.41) is 12.9. The Morgan fingerprint density at radius 2 is 2.10 bits per heavy atom. The summed E-state index contributed by atoms with van der Waals surface area (Å²) in [7, 11) is 0. The number of aliphatic hydroxyl groups is 1. The van der Waals surface area contributed by atoms with Crippen LogP contribution < -0.4 is 5.32 Å². The second-order valence-electron chi connectivity index (χ2n) is 6.61. The number of β-amino-alcohol motifs (C(OH)–C–C–N with tert-alkyl or cyclic N) is 1. The van der Waals surface area contributed by atoms with Gasteiger partial charge in [-0.05, 0) is 38.1 Å². The summed E-state index contributed by atoms with van der Waals surface area (Å²) in [5.41, 5.74) is 0. The lowest BCUT2D eigenvalue weighted by Crippen LogP contribution is -2.51. The van der Waals surface area contributed by atoms with Crippen molar-refractivity contribution in [2.24, 2.45) is 5.92 Å². The Kier molecular flexibility index (Phi) is 6.30. The molecule has 0 aromatic carbocycles. The Hall–Kier alpha value is -0.810. The maximum Gasteiger partial charge on any atom is 0.317 e. The molecule has 5 nitrogen and oxygen atoms in total. The molecule has 2 N–H and O–H groups in total. The number of rotatable bonds is 4. The van der Waals surface area contributed by atoms with Gasteiger partial charge in [-0.25, -0.2) is 4.79 Å². The smallest absolute Gasteiger partial charge is 0.317 e. The average molecular weight is 297 g/mol. The molecule has 2 aliphatic heterocycles. The Labute approximate surface area is 128 Å². The van der Waals surface area contributed by atoms with E-state index >= 15 is 0 Å². The van der Waals surface area contributed by atoms with Crippen LogP contribution >= 0.6 is 0 Å². The fourth-order valence-electron chi connectivity index (χ4n) is 3.47. The van der Waals surface area contributed by atoms with E-state index < -0.39 is 0 Å². The number of carbonyl (C=O) groups is 1. The molecule has 0 radical (unpaired) electrons. The van der Waals surface area contributed by atoms with Crippen LogP contribution in [0.4, 0.5) is 4.79 Å². The van der Waals surface area contributed by atoms with Crippen molar-refractivity contribution in [1.29, 1.82) is 0 Å². The predicted octanol–water partition coefficient (Wildman–Crippen LogP) is 1.66. The highest BCUT2D eigenvalue weighted by Crippen LogP contribution is 2.19. The second kappa shape index (κ2) is 7.99. The molecule has 0 spiro atoms. The van der Waals surface area contributed by atoms with Gasteiger partial charge in [-0.3, -0.25) is 4.90 Å².